The van der Waals surface area contributed by atoms with E-state index in [0.717, 1.165) is 50.6 Å². The van der Waals surface area contributed by atoms with E-state index < -0.39 is 10.0 Å². The normalized spacial score (nSPS) is 25.4. The van der Waals surface area contributed by atoms with Gasteiger partial charge in [-0.3, -0.25) is 9.78 Å². The highest BCUT2D eigenvalue weighted by atomic mass is 32.2. The minimum atomic E-state index is -3.63. The lowest BCUT2D eigenvalue weighted by atomic mass is 9.81. The zero-order valence-electron chi connectivity index (χ0n) is 17.6. The number of para-hydroxylation sites is 1. The molecule has 1 atom stereocenters. The third kappa shape index (κ3) is 4.67. The van der Waals surface area contributed by atoms with Gasteiger partial charge in [-0.05, 0) is 62.5 Å². The van der Waals surface area contributed by atoms with Crippen LogP contribution in [0.1, 0.15) is 45.4 Å². The summed E-state index contributed by atoms with van der Waals surface area (Å²) in [6.07, 6.45) is 7.41. The van der Waals surface area contributed by atoms with Crippen LogP contribution in [-0.4, -0.2) is 43.8 Å². The number of rotatable bonds is 5. The Labute approximate surface area is 179 Å². The van der Waals surface area contributed by atoms with Crippen molar-refractivity contribution in [3.8, 4) is 0 Å². The summed E-state index contributed by atoms with van der Waals surface area (Å²) in [6, 6.07) is 8.88. The number of likely N-dealkylation sites (tertiary alicyclic amines) is 1. The fourth-order valence-electron chi connectivity index (χ4n) is 4.86. The molecule has 6 nitrogen and oxygen atoms in total. The third-order valence-electron chi connectivity index (χ3n) is 6.61. The van der Waals surface area contributed by atoms with Gasteiger partial charge in [0.1, 0.15) is 4.90 Å². The van der Waals surface area contributed by atoms with E-state index in [-0.39, 0.29) is 16.7 Å². The van der Waals surface area contributed by atoms with Crippen molar-refractivity contribution >= 4 is 26.8 Å². The molecule has 0 radical (unpaired) electrons. The summed E-state index contributed by atoms with van der Waals surface area (Å²) in [5.41, 5.74) is 0.498. The molecule has 1 amide bonds. The molecule has 0 bridgehead atoms. The van der Waals surface area contributed by atoms with Crippen molar-refractivity contribution in [3.05, 3.63) is 36.5 Å². The Kier molecular flexibility index (Phi) is 6.39. The van der Waals surface area contributed by atoms with Crippen molar-refractivity contribution in [2.75, 3.05) is 19.6 Å². The molecular formula is C23H31N3O3S. The molecule has 0 spiro atoms. The van der Waals surface area contributed by atoms with Gasteiger partial charge in [0.25, 0.3) is 0 Å². The van der Waals surface area contributed by atoms with E-state index in [1.54, 1.807) is 24.4 Å². The smallest absolute Gasteiger partial charge is 0.242 e. The van der Waals surface area contributed by atoms with Crippen LogP contribution in [0, 0.1) is 17.8 Å². The zero-order valence-corrected chi connectivity index (χ0v) is 18.4. The van der Waals surface area contributed by atoms with Crippen LogP contribution in [0.25, 0.3) is 10.9 Å². The number of hydrogen-bond acceptors (Lipinski definition) is 4. The van der Waals surface area contributed by atoms with Gasteiger partial charge in [0.2, 0.25) is 15.9 Å². The predicted molar refractivity (Wildman–Crippen MR) is 117 cm³/mol. The monoisotopic (exact) mass is 429 g/mol. The fraction of sp³-hybridized carbons (Fsp3) is 0.565. The van der Waals surface area contributed by atoms with Crippen LogP contribution < -0.4 is 4.72 Å². The van der Waals surface area contributed by atoms with E-state index >= 15 is 0 Å². The molecule has 2 fully saturated rings. The first-order valence-electron chi connectivity index (χ1n) is 11.1. The van der Waals surface area contributed by atoms with Crippen LogP contribution in [0.5, 0.6) is 0 Å². The number of amides is 1. The maximum atomic E-state index is 12.9. The van der Waals surface area contributed by atoms with Gasteiger partial charge < -0.3 is 4.90 Å². The van der Waals surface area contributed by atoms with Crippen LogP contribution >= 0.6 is 0 Å². The van der Waals surface area contributed by atoms with Crippen LogP contribution in [0.2, 0.25) is 0 Å². The molecule has 7 heteroatoms. The molecule has 2 aromatic rings. The number of nitrogens with zero attached hydrogens (tertiary/aromatic N) is 2. The zero-order chi connectivity index (χ0) is 21.1. The van der Waals surface area contributed by atoms with Gasteiger partial charge in [-0.15, -0.1) is 0 Å². The van der Waals surface area contributed by atoms with Gasteiger partial charge in [0, 0.05) is 37.1 Å². The molecule has 1 saturated heterocycles. The summed E-state index contributed by atoms with van der Waals surface area (Å²) in [7, 11) is -3.63. The lowest BCUT2D eigenvalue weighted by Gasteiger charge is -2.36. The average molecular weight is 430 g/mol. The summed E-state index contributed by atoms with van der Waals surface area (Å²) in [6.45, 7) is 4.40. The summed E-state index contributed by atoms with van der Waals surface area (Å²) in [5.74, 6) is 1.27. The second-order valence-corrected chi connectivity index (χ2v) is 10.7. The predicted octanol–water partition coefficient (Wildman–Crippen LogP) is 3.58. The van der Waals surface area contributed by atoms with Crippen molar-refractivity contribution in [1.82, 2.24) is 14.6 Å². The number of carbonyl (C=O) groups is 1. The molecule has 1 N–H and O–H groups in total. The van der Waals surface area contributed by atoms with E-state index in [4.69, 9.17) is 0 Å². The number of pyridine rings is 1. The van der Waals surface area contributed by atoms with E-state index in [2.05, 4.69) is 21.5 Å². The van der Waals surface area contributed by atoms with Crippen LogP contribution in [-0.2, 0) is 14.8 Å². The third-order valence-corrected chi connectivity index (χ3v) is 8.07. The summed E-state index contributed by atoms with van der Waals surface area (Å²) in [4.78, 5) is 19.4. The Balaban J connectivity index is 1.32. The Bertz CT molecular complexity index is 994. The van der Waals surface area contributed by atoms with E-state index in [9.17, 15) is 13.2 Å². The molecular weight excluding hydrogens is 398 g/mol. The quantitative estimate of drug-likeness (QED) is 0.788. The van der Waals surface area contributed by atoms with Gasteiger partial charge in [-0.2, -0.15) is 0 Å². The van der Waals surface area contributed by atoms with E-state index in [0.29, 0.717) is 23.9 Å². The Hall–Kier alpha value is -1.99. The van der Waals surface area contributed by atoms with E-state index in [1.165, 1.54) is 6.42 Å². The second kappa shape index (κ2) is 9.02. The molecule has 1 saturated carbocycles. The van der Waals surface area contributed by atoms with E-state index in [1.807, 2.05) is 12.1 Å². The molecule has 1 aliphatic heterocycles. The fourth-order valence-corrected chi connectivity index (χ4v) is 6.15. The lowest BCUT2D eigenvalue weighted by molar-refractivity contribution is -0.138. The molecule has 0 unspecified atom stereocenters. The molecule has 2 heterocycles. The first-order chi connectivity index (χ1) is 14.4. The molecule has 1 aliphatic carbocycles. The highest BCUT2D eigenvalue weighted by molar-refractivity contribution is 7.89. The van der Waals surface area contributed by atoms with Crippen molar-refractivity contribution in [2.45, 2.75) is 50.3 Å². The molecule has 30 heavy (non-hydrogen) atoms. The van der Waals surface area contributed by atoms with Crippen LogP contribution in [0.15, 0.2) is 41.4 Å². The Morgan fingerprint density at radius 3 is 2.67 bits per heavy atom. The number of fused-ring (bicyclic) bond motifs is 1. The largest absolute Gasteiger partial charge is 0.342 e. The number of nitrogens with one attached hydrogen (secondary N) is 1. The minimum absolute atomic E-state index is 0.102. The van der Waals surface area contributed by atoms with Gasteiger partial charge in [0.15, 0.2) is 0 Å². The number of aromatic nitrogens is 1. The number of piperidine rings is 1. The first-order valence-corrected chi connectivity index (χ1v) is 12.5. The van der Waals surface area contributed by atoms with Gasteiger partial charge in [0.05, 0.1) is 5.52 Å². The second-order valence-electron chi connectivity index (χ2n) is 8.93. The summed E-state index contributed by atoms with van der Waals surface area (Å²) < 4.78 is 28.6. The van der Waals surface area contributed by atoms with Crippen molar-refractivity contribution in [3.63, 3.8) is 0 Å². The van der Waals surface area contributed by atoms with Gasteiger partial charge in [-0.25, -0.2) is 13.1 Å². The van der Waals surface area contributed by atoms with Crippen LogP contribution in [0.3, 0.4) is 0 Å². The summed E-state index contributed by atoms with van der Waals surface area (Å²) in [5, 5.41) is 0.812. The Morgan fingerprint density at radius 2 is 1.90 bits per heavy atom. The SMILES string of the molecule is C[C@@H]1CCCN(C(=O)C2CCC(CNS(=O)(=O)c3cccc4cccnc34)CC2)C1. The van der Waals surface area contributed by atoms with Gasteiger partial charge >= 0.3 is 0 Å². The Morgan fingerprint density at radius 1 is 1.13 bits per heavy atom. The number of carbonyl (C=O) groups excluding carboxylic acids is 1. The number of sulfonamides is 1. The van der Waals surface area contributed by atoms with Gasteiger partial charge in [-0.1, -0.05) is 25.1 Å². The molecule has 1 aromatic carbocycles. The van der Waals surface area contributed by atoms with Crippen molar-refractivity contribution in [2.24, 2.45) is 17.8 Å². The lowest BCUT2D eigenvalue weighted by Crippen LogP contribution is -2.43. The molecule has 1 aromatic heterocycles. The maximum Gasteiger partial charge on any atom is 0.242 e. The topological polar surface area (TPSA) is 79.4 Å². The minimum Gasteiger partial charge on any atom is -0.342 e. The number of hydrogen-bond donors (Lipinski definition) is 1. The first kappa shape index (κ1) is 21.2. The van der Waals surface area contributed by atoms with Crippen molar-refractivity contribution in [1.29, 1.82) is 0 Å². The number of benzene rings is 1. The molecule has 162 valence electrons. The van der Waals surface area contributed by atoms with Crippen molar-refractivity contribution < 1.29 is 13.2 Å². The average Bonchev–Trinajstić information content (AvgIpc) is 2.77. The highest BCUT2D eigenvalue weighted by Gasteiger charge is 2.31. The van der Waals surface area contributed by atoms with Crippen LogP contribution in [0.4, 0.5) is 0 Å². The summed E-state index contributed by atoms with van der Waals surface area (Å²) >= 11 is 0. The standard InChI is InChI=1S/C23H31N3O3S/c1-17-5-4-14-26(16-17)23(27)20-11-9-18(10-12-20)15-25-30(28,29)21-8-2-6-19-7-3-13-24-22(19)21/h2-3,6-8,13,17-18,20,25H,4-5,9-12,14-16H2,1H3/t17-,18?,20?/m1/s1. The maximum absolute atomic E-state index is 12.9. The molecule has 2 aliphatic rings. The molecule has 4 rings (SSSR count). The highest BCUT2D eigenvalue weighted by Crippen LogP contribution is 2.31.